The minimum atomic E-state index is -1.27. The number of rotatable bonds is 9. The Hall–Kier alpha value is -3.24. The molecule has 2 aliphatic rings. The number of hydrogen-bond donors (Lipinski definition) is 4. The molecule has 0 spiro atoms. The average Bonchev–Trinajstić information content (AvgIpc) is 3.24. The van der Waals surface area contributed by atoms with E-state index in [-0.39, 0.29) is 45.9 Å². The van der Waals surface area contributed by atoms with Crippen molar-refractivity contribution in [2.75, 3.05) is 13.2 Å². The number of carbonyl (C=O) groups is 1. The largest absolute Gasteiger partial charge is 0.488 e. The maximum Gasteiger partial charge on any atom is 0.249 e. The zero-order valence-electron chi connectivity index (χ0n) is 25.3. The molecule has 0 radical (unpaired) electrons. The maximum absolute atomic E-state index is 16.4. The van der Waals surface area contributed by atoms with Crippen LogP contribution in [0.15, 0.2) is 48.5 Å². The van der Waals surface area contributed by atoms with Gasteiger partial charge in [0, 0.05) is 41.3 Å². The normalized spacial score (nSPS) is 24.9. The Kier molecular flexibility index (Phi) is 8.72. The number of amides is 1. The minimum absolute atomic E-state index is 0.0410. The van der Waals surface area contributed by atoms with Crippen LogP contribution in [0.1, 0.15) is 80.8 Å². The molecule has 10 heteroatoms. The van der Waals surface area contributed by atoms with Crippen molar-refractivity contribution in [2.24, 2.45) is 5.73 Å². The fourth-order valence-electron chi connectivity index (χ4n) is 6.33. The lowest BCUT2D eigenvalue weighted by molar-refractivity contribution is 0.00889. The number of aliphatic hydroxyl groups is 2. The number of nitrogens with one attached hydrogen (secondary N) is 1. The van der Waals surface area contributed by atoms with Crippen molar-refractivity contribution in [1.82, 2.24) is 5.32 Å². The summed E-state index contributed by atoms with van der Waals surface area (Å²) in [5, 5.41) is 23.8. The first-order chi connectivity index (χ1) is 20.6. The van der Waals surface area contributed by atoms with Gasteiger partial charge in [-0.1, -0.05) is 48.9 Å². The third-order valence-corrected chi connectivity index (χ3v) is 9.20. The van der Waals surface area contributed by atoms with Crippen LogP contribution >= 0.6 is 11.6 Å². The van der Waals surface area contributed by atoms with E-state index in [1.54, 1.807) is 0 Å². The van der Waals surface area contributed by atoms with Crippen LogP contribution in [0.5, 0.6) is 11.5 Å². The molecule has 3 aromatic carbocycles. The summed E-state index contributed by atoms with van der Waals surface area (Å²) in [6, 6.07) is 13.4. The molecule has 1 heterocycles. The second-order valence-corrected chi connectivity index (χ2v) is 13.3. The summed E-state index contributed by atoms with van der Waals surface area (Å²) in [6.07, 6.45) is 2.86. The van der Waals surface area contributed by atoms with Gasteiger partial charge in [-0.05, 0) is 64.2 Å². The van der Waals surface area contributed by atoms with E-state index >= 15 is 8.78 Å². The predicted octanol–water partition coefficient (Wildman–Crippen LogP) is 6.21. The van der Waals surface area contributed by atoms with Crippen molar-refractivity contribution >= 4 is 17.5 Å². The topological polar surface area (TPSA) is 114 Å². The van der Waals surface area contributed by atoms with Gasteiger partial charge in [-0.25, -0.2) is 8.78 Å². The van der Waals surface area contributed by atoms with Crippen molar-refractivity contribution in [3.63, 3.8) is 0 Å². The molecule has 5 rings (SSSR count). The number of ether oxygens (including phenoxy) is 2. The highest BCUT2D eigenvalue weighted by molar-refractivity contribution is 6.34. The molecule has 236 valence electrons. The second kappa shape index (κ2) is 11.9. The first kappa shape index (κ1) is 32.2. The van der Waals surface area contributed by atoms with Crippen LogP contribution in [0.3, 0.4) is 0 Å². The van der Waals surface area contributed by atoms with Gasteiger partial charge in [-0.3, -0.25) is 4.79 Å². The van der Waals surface area contributed by atoms with Crippen molar-refractivity contribution in [3.05, 3.63) is 81.9 Å². The number of hydrogen-bond acceptors (Lipinski definition) is 6. The molecule has 7 nitrogen and oxygen atoms in total. The van der Waals surface area contributed by atoms with Gasteiger partial charge in [-0.15, -0.1) is 0 Å². The molecule has 5 N–H and O–H groups in total. The molecule has 1 saturated carbocycles. The van der Waals surface area contributed by atoms with Crippen LogP contribution in [0, 0.1) is 11.6 Å². The maximum atomic E-state index is 16.4. The molecular weight excluding hydrogens is 590 g/mol. The van der Waals surface area contributed by atoms with Crippen molar-refractivity contribution in [1.29, 1.82) is 0 Å². The van der Waals surface area contributed by atoms with Gasteiger partial charge >= 0.3 is 0 Å². The zero-order valence-corrected chi connectivity index (χ0v) is 26.1. The van der Waals surface area contributed by atoms with Crippen LogP contribution in [0.25, 0.3) is 11.1 Å². The summed E-state index contributed by atoms with van der Waals surface area (Å²) in [5.74, 6) is -3.33. The Morgan fingerprint density at radius 3 is 2.43 bits per heavy atom. The van der Waals surface area contributed by atoms with Crippen molar-refractivity contribution in [3.8, 4) is 22.6 Å². The summed E-state index contributed by atoms with van der Waals surface area (Å²) < 4.78 is 44.2. The SMILES string of the molecule is C[C@H]1c2c(cc(F)c(Cl)c2-c2c(C(N)=O)ccc(OCC(C)(C)O)c2F)O[C@]1(CNC1CCC(C)(O)CC1)c1ccccc1. The van der Waals surface area contributed by atoms with E-state index in [0.29, 0.717) is 24.9 Å². The van der Waals surface area contributed by atoms with Crippen LogP contribution in [0.4, 0.5) is 8.78 Å². The van der Waals surface area contributed by atoms with Gasteiger partial charge < -0.3 is 30.7 Å². The van der Waals surface area contributed by atoms with Gasteiger partial charge in [0.15, 0.2) is 17.2 Å². The first-order valence-electron chi connectivity index (χ1n) is 14.8. The number of primary amides is 1. The summed E-state index contributed by atoms with van der Waals surface area (Å²) in [5.41, 5.74) is 3.38. The van der Waals surface area contributed by atoms with E-state index in [1.807, 2.05) is 44.2 Å². The summed E-state index contributed by atoms with van der Waals surface area (Å²) in [4.78, 5) is 12.6. The molecule has 1 amide bonds. The highest BCUT2D eigenvalue weighted by Gasteiger charge is 2.50. The Balaban J connectivity index is 1.64. The number of fused-ring (bicyclic) bond motifs is 1. The van der Waals surface area contributed by atoms with Gasteiger partial charge in [-0.2, -0.15) is 0 Å². The van der Waals surface area contributed by atoms with Gasteiger partial charge in [0.05, 0.1) is 21.8 Å². The zero-order chi connectivity index (χ0) is 32.0. The Bertz CT molecular complexity index is 1550. The molecule has 44 heavy (non-hydrogen) atoms. The third-order valence-electron chi connectivity index (χ3n) is 8.83. The average molecular weight is 629 g/mol. The Morgan fingerprint density at radius 2 is 1.82 bits per heavy atom. The van der Waals surface area contributed by atoms with Crippen LogP contribution < -0.4 is 20.5 Å². The molecule has 1 aliphatic carbocycles. The molecule has 2 atom stereocenters. The standard InChI is InChI=1S/C34H39ClF2N2O5/c1-19-26-25(44-34(19,20-8-6-5-7-9-20)17-39-21-12-14-33(4,42)15-13-21)16-23(36)29(35)28(26)27-22(31(38)40)10-11-24(30(27)37)43-18-32(2,3)41/h5-11,16,19,21,39,41-42H,12-15,17-18H2,1-4H3,(H2,38,40)/t19-,21?,33?,34-/m0/s1. The molecular formula is C34H39ClF2N2O5. The lowest BCUT2D eigenvalue weighted by Crippen LogP contribution is -2.49. The van der Waals surface area contributed by atoms with E-state index in [1.165, 1.54) is 32.0 Å². The smallest absolute Gasteiger partial charge is 0.249 e. The number of halogens is 3. The van der Waals surface area contributed by atoms with Crippen LogP contribution in [-0.4, -0.2) is 46.5 Å². The quantitative estimate of drug-likeness (QED) is 0.224. The molecule has 0 aromatic heterocycles. The highest BCUT2D eigenvalue weighted by Crippen LogP contribution is 2.56. The molecule has 0 bridgehead atoms. The predicted molar refractivity (Wildman–Crippen MR) is 165 cm³/mol. The fraction of sp³-hybridized carbons (Fsp3) is 0.441. The van der Waals surface area contributed by atoms with E-state index in [4.69, 9.17) is 26.8 Å². The minimum Gasteiger partial charge on any atom is -0.488 e. The number of nitrogens with two attached hydrogens (primary N) is 1. The molecule has 1 fully saturated rings. The second-order valence-electron chi connectivity index (χ2n) is 13.0. The summed E-state index contributed by atoms with van der Waals surface area (Å²) in [6.45, 7) is 6.85. The van der Waals surface area contributed by atoms with E-state index in [9.17, 15) is 15.0 Å². The summed E-state index contributed by atoms with van der Waals surface area (Å²) in [7, 11) is 0. The lowest BCUT2D eigenvalue weighted by Gasteiger charge is -2.38. The number of carbonyl (C=O) groups excluding carboxylic acids is 1. The molecule has 0 unspecified atom stereocenters. The van der Waals surface area contributed by atoms with E-state index < -0.39 is 40.3 Å². The molecule has 1 aliphatic heterocycles. The van der Waals surface area contributed by atoms with Crippen LogP contribution in [0.2, 0.25) is 5.02 Å². The van der Waals surface area contributed by atoms with Crippen molar-refractivity contribution < 1.29 is 33.3 Å². The molecule has 0 saturated heterocycles. The highest BCUT2D eigenvalue weighted by atomic mass is 35.5. The van der Waals surface area contributed by atoms with E-state index in [0.717, 1.165) is 18.4 Å². The van der Waals surface area contributed by atoms with Gasteiger partial charge in [0.25, 0.3) is 0 Å². The fourth-order valence-corrected chi connectivity index (χ4v) is 6.58. The van der Waals surface area contributed by atoms with Gasteiger partial charge in [0.1, 0.15) is 18.2 Å². The molecule has 3 aromatic rings. The van der Waals surface area contributed by atoms with Gasteiger partial charge in [0.2, 0.25) is 5.91 Å². The Morgan fingerprint density at radius 1 is 1.16 bits per heavy atom. The van der Waals surface area contributed by atoms with E-state index in [2.05, 4.69) is 5.32 Å². The summed E-state index contributed by atoms with van der Waals surface area (Å²) >= 11 is 6.62. The Labute approximate surface area is 261 Å². The number of benzene rings is 3. The van der Waals surface area contributed by atoms with Crippen LogP contribution in [-0.2, 0) is 5.60 Å². The monoisotopic (exact) mass is 628 g/mol. The lowest BCUT2D eigenvalue weighted by atomic mass is 9.77. The van der Waals surface area contributed by atoms with Crippen molar-refractivity contribution in [2.45, 2.75) is 82.1 Å². The first-order valence-corrected chi connectivity index (χ1v) is 15.2. The third kappa shape index (κ3) is 6.15.